The van der Waals surface area contributed by atoms with Gasteiger partial charge in [-0.15, -0.1) is 5.10 Å². The maximum atomic E-state index is 13.8. The molecular formula is C24H24FN7O2. The quantitative estimate of drug-likeness (QED) is 0.491. The molecule has 2 aromatic carbocycles. The van der Waals surface area contributed by atoms with Crippen LogP contribution in [0.3, 0.4) is 0 Å². The molecule has 10 heteroatoms. The number of halogens is 1. The number of carbonyl (C=O) groups excluding carboxylic acids is 1. The van der Waals surface area contributed by atoms with Gasteiger partial charge >= 0.3 is 5.69 Å². The average Bonchev–Trinajstić information content (AvgIpc) is 3.17. The first kappa shape index (κ1) is 21.6. The Hall–Kier alpha value is -4.21. The first-order valence-corrected chi connectivity index (χ1v) is 11.0. The molecule has 0 radical (unpaired) electrons. The van der Waals surface area contributed by atoms with Gasteiger partial charge in [0.05, 0.1) is 0 Å². The minimum Gasteiger partial charge on any atom is -0.368 e. The Morgan fingerprint density at radius 1 is 1.06 bits per heavy atom. The van der Waals surface area contributed by atoms with Crippen molar-refractivity contribution in [2.24, 2.45) is 0 Å². The van der Waals surface area contributed by atoms with Crippen LogP contribution in [0, 0.1) is 12.7 Å². The number of aromatic nitrogens is 4. The van der Waals surface area contributed by atoms with Crippen LogP contribution in [0.4, 0.5) is 21.6 Å². The maximum Gasteiger partial charge on any atom is 0.350 e. The SMILES string of the molecule is Cc1ccc(NC(=O)Cn2nc3c(N4CCN(c5ccccc5)CC4)nccn3c2=O)cc1F. The molecule has 1 aliphatic heterocycles. The van der Waals surface area contributed by atoms with Gasteiger partial charge in [0.1, 0.15) is 12.4 Å². The second-order valence-corrected chi connectivity index (χ2v) is 8.21. The number of nitrogens with one attached hydrogen (secondary N) is 1. The lowest BCUT2D eigenvalue weighted by molar-refractivity contribution is -0.117. The number of amides is 1. The number of nitrogens with zero attached hydrogens (tertiary/aromatic N) is 6. The van der Waals surface area contributed by atoms with Crippen LogP contribution in [0.5, 0.6) is 0 Å². The van der Waals surface area contributed by atoms with E-state index < -0.39 is 17.4 Å². The monoisotopic (exact) mass is 461 g/mol. The summed E-state index contributed by atoms with van der Waals surface area (Å²) in [5, 5.41) is 7.00. The lowest BCUT2D eigenvalue weighted by atomic mass is 10.2. The third-order valence-electron chi connectivity index (χ3n) is 5.93. The van der Waals surface area contributed by atoms with E-state index >= 15 is 0 Å². The summed E-state index contributed by atoms with van der Waals surface area (Å²) in [6, 6.07) is 14.7. The largest absolute Gasteiger partial charge is 0.368 e. The summed E-state index contributed by atoms with van der Waals surface area (Å²) in [6.45, 7) is 4.42. The summed E-state index contributed by atoms with van der Waals surface area (Å²) in [5.41, 5.74) is 1.94. The summed E-state index contributed by atoms with van der Waals surface area (Å²) in [6.07, 6.45) is 3.10. The molecule has 174 valence electrons. The molecule has 4 aromatic rings. The normalized spacial score (nSPS) is 13.9. The second-order valence-electron chi connectivity index (χ2n) is 8.21. The minimum atomic E-state index is -0.472. The molecule has 0 saturated carbocycles. The van der Waals surface area contributed by atoms with E-state index in [1.54, 1.807) is 25.3 Å². The van der Waals surface area contributed by atoms with Crippen molar-refractivity contribution in [1.82, 2.24) is 19.2 Å². The highest BCUT2D eigenvalue weighted by atomic mass is 19.1. The highest BCUT2D eigenvalue weighted by Gasteiger charge is 2.22. The summed E-state index contributed by atoms with van der Waals surface area (Å²) >= 11 is 0. The number of rotatable bonds is 5. The fourth-order valence-corrected chi connectivity index (χ4v) is 4.08. The number of fused-ring (bicyclic) bond motifs is 1. The van der Waals surface area contributed by atoms with E-state index in [-0.39, 0.29) is 6.54 Å². The topological polar surface area (TPSA) is 87.8 Å². The zero-order valence-corrected chi connectivity index (χ0v) is 18.7. The van der Waals surface area contributed by atoms with Crippen LogP contribution in [0.15, 0.2) is 65.7 Å². The average molecular weight is 462 g/mol. The number of benzene rings is 2. The third kappa shape index (κ3) is 4.21. The van der Waals surface area contributed by atoms with Gasteiger partial charge in [0.2, 0.25) is 11.6 Å². The molecule has 1 N–H and O–H groups in total. The van der Waals surface area contributed by atoms with Crippen molar-refractivity contribution in [2.75, 3.05) is 41.3 Å². The molecule has 0 atom stereocenters. The first-order chi connectivity index (χ1) is 16.5. The number of carbonyl (C=O) groups is 1. The summed E-state index contributed by atoms with van der Waals surface area (Å²) < 4.78 is 16.3. The summed E-state index contributed by atoms with van der Waals surface area (Å²) in [4.78, 5) is 34.2. The summed E-state index contributed by atoms with van der Waals surface area (Å²) in [5.74, 6) is -0.280. The van der Waals surface area contributed by atoms with Crippen molar-refractivity contribution in [3.63, 3.8) is 0 Å². The van der Waals surface area contributed by atoms with Crippen LogP contribution < -0.4 is 20.8 Å². The third-order valence-corrected chi connectivity index (χ3v) is 5.93. The number of hydrogen-bond acceptors (Lipinski definition) is 6. The van der Waals surface area contributed by atoms with Crippen molar-refractivity contribution in [3.05, 3.63) is 82.8 Å². The molecule has 1 saturated heterocycles. The zero-order chi connectivity index (χ0) is 23.7. The van der Waals surface area contributed by atoms with Gasteiger partial charge in [-0.25, -0.2) is 23.3 Å². The van der Waals surface area contributed by atoms with Gasteiger partial charge < -0.3 is 15.1 Å². The molecule has 34 heavy (non-hydrogen) atoms. The van der Waals surface area contributed by atoms with Gasteiger partial charge in [0.25, 0.3) is 0 Å². The predicted molar refractivity (Wildman–Crippen MR) is 128 cm³/mol. The smallest absolute Gasteiger partial charge is 0.350 e. The van der Waals surface area contributed by atoms with Gasteiger partial charge in [-0.1, -0.05) is 24.3 Å². The zero-order valence-electron chi connectivity index (χ0n) is 18.7. The van der Waals surface area contributed by atoms with E-state index in [0.717, 1.165) is 30.9 Å². The number of para-hydroxylation sites is 1. The molecule has 0 spiro atoms. The predicted octanol–water partition coefficient (Wildman–Crippen LogP) is 2.30. The Labute approximate surface area is 195 Å². The molecule has 0 unspecified atom stereocenters. The van der Waals surface area contributed by atoms with E-state index in [4.69, 9.17) is 0 Å². The Balaban J connectivity index is 1.33. The van der Waals surface area contributed by atoms with Crippen LogP contribution in [-0.2, 0) is 11.3 Å². The van der Waals surface area contributed by atoms with Gasteiger partial charge in [0, 0.05) is 49.9 Å². The highest BCUT2D eigenvalue weighted by molar-refractivity contribution is 5.90. The maximum absolute atomic E-state index is 13.8. The van der Waals surface area contributed by atoms with E-state index in [1.165, 1.54) is 22.4 Å². The van der Waals surface area contributed by atoms with Gasteiger partial charge in [0.15, 0.2) is 5.82 Å². The number of piperazine rings is 1. The molecule has 2 aromatic heterocycles. The van der Waals surface area contributed by atoms with E-state index in [1.807, 2.05) is 18.2 Å². The van der Waals surface area contributed by atoms with E-state index in [2.05, 4.69) is 37.3 Å². The van der Waals surface area contributed by atoms with Crippen LogP contribution in [0.1, 0.15) is 5.56 Å². The van der Waals surface area contributed by atoms with Gasteiger partial charge in [-0.2, -0.15) is 0 Å². The van der Waals surface area contributed by atoms with Crippen LogP contribution in [0.25, 0.3) is 5.65 Å². The van der Waals surface area contributed by atoms with Crippen molar-refractivity contribution >= 4 is 28.7 Å². The lowest BCUT2D eigenvalue weighted by Gasteiger charge is -2.36. The second kappa shape index (κ2) is 8.97. The van der Waals surface area contributed by atoms with Gasteiger partial charge in [-0.3, -0.25) is 4.79 Å². The van der Waals surface area contributed by atoms with E-state index in [0.29, 0.717) is 22.7 Å². The Kier molecular flexibility index (Phi) is 5.70. The summed E-state index contributed by atoms with van der Waals surface area (Å²) in [7, 11) is 0. The lowest BCUT2D eigenvalue weighted by Crippen LogP contribution is -2.47. The van der Waals surface area contributed by atoms with Crippen LogP contribution >= 0.6 is 0 Å². The molecule has 5 rings (SSSR count). The molecule has 1 fully saturated rings. The number of anilines is 3. The molecular weight excluding hydrogens is 437 g/mol. The standard InChI is InChI=1S/C24H24FN7O2/c1-17-7-8-18(15-20(17)25)27-21(33)16-32-24(34)31-10-9-26-22(23(31)28-32)30-13-11-29(12-14-30)19-5-3-2-4-6-19/h2-10,15H,11-14,16H2,1H3,(H,27,33). The molecule has 9 nitrogen and oxygen atoms in total. The molecule has 1 aliphatic rings. The fraction of sp³-hybridized carbons (Fsp3) is 0.250. The molecule has 3 heterocycles. The molecule has 0 bridgehead atoms. The minimum absolute atomic E-state index is 0.294. The first-order valence-electron chi connectivity index (χ1n) is 11.0. The Morgan fingerprint density at radius 2 is 1.79 bits per heavy atom. The van der Waals surface area contributed by atoms with Crippen molar-refractivity contribution in [1.29, 1.82) is 0 Å². The Morgan fingerprint density at radius 3 is 2.53 bits per heavy atom. The number of hydrogen-bond donors (Lipinski definition) is 1. The fourth-order valence-electron chi connectivity index (χ4n) is 4.08. The van der Waals surface area contributed by atoms with Crippen molar-refractivity contribution in [3.8, 4) is 0 Å². The van der Waals surface area contributed by atoms with Gasteiger partial charge in [-0.05, 0) is 36.8 Å². The van der Waals surface area contributed by atoms with Crippen LogP contribution in [0.2, 0.25) is 0 Å². The number of aryl methyl sites for hydroxylation is 1. The Bertz CT molecular complexity index is 1390. The molecule has 1 amide bonds. The van der Waals surface area contributed by atoms with Crippen LogP contribution in [-0.4, -0.2) is 51.3 Å². The van der Waals surface area contributed by atoms with E-state index in [9.17, 15) is 14.0 Å². The highest BCUT2D eigenvalue weighted by Crippen LogP contribution is 2.21. The molecule has 0 aliphatic carbocycles. The van der Waals surface area contributed by atoms with Crippen molar-refractivity contribution < 1.29 is 9.18 Å². The van der Waals surface area contributed by atoms with Crippen molar-refractivity contribution in [2.45, 2.75) is 13.5 Å².